The summed E-state index contributed by atoms with van der Waals surface area (Å²) in [5, 5.41) is 3.78. The van der Waals surface area contributed by atoms with E-state index in [4.69, 9.17) is 11.6 Å². The Hall–Kier alpha value is -2.01. The Morgan fingerprint density at radius 1 is 1.42 bits per heavy atom. The fraction of sp³-hybridized carbons (Fsp3) is 0.444. The minimum atomic E-state index is 0.0304. The van der Waals surface area contributed by atoms with Crippen molar-refractivity contribution in [3.8, 4) is 0 Å². The normalized spacial score (nSPS) is 17.8. The van der Waals surface area contributed by atoms with E-state index >= 15 is 0 Å². The first-order valence-corrected chi connectivity index (χ1v) is 8.74. The quantitative estimate of drug-likeness (QED) is 0.918. The molecule has 0 aliphatic carbocycles. The summed E-state index contributed by atoms with van der Waals surface area (Å²) in [5.74, 6) is 0.969. The van der Waals surface area contributed by atoms with Gasteiger partial charge in [0.25, 0.3) is 5.91 Å². The number of nitrogens with zero attached hydrogens (tertiary/aromatic N) is 3. The summed E-state index contributed by atoms with van der Waals surface area (Å²) in [6.07, 6.45) is 7.00. The van der Waals surface area contributed by atoms with E-state index in [1.165, 1.54) is 6.42 Å². The van der Waals surface area contributed by atoms with Crippen LogP contribution in [0.25, 0.3) is 0 Å². The molecule has 24 heavy (non-hydrogen) atoms. The summed E-state index contributed by atoms with van der Waals surface area (Å²) < 4.78 is 1.96. The van der Waals surface area contributed by atoms with Gasteiger partial charge >= 0.3 is 0 Å². The molecule has 2 heterocycles. The maximum atomic E-state index is 12.7. The molecule has 1 aliphatic heterocycles. The highest BCUT2D eigenvalue weighted by atomic mass is 35.5. The molecule has 1 aromatic heterocycles. The number of carbonyl (C=O) groups is 1. The Kier molecular flexibility index (Phi) is 5.09. The number of benzene rings is 1. The van der Waals surface area contributed by atoms with Gasteiger partial charge in [-0.3, -0.25) is 4.79 Å². The number of nitrogens with one attached hydrogen (secondary N) is 1. The topological polar surface area (TPSA) is 50.2 Å². The number of anilines is 1. The van der Waals surface area contributed by atoms with Crippen LogP contribution in [0.15, 0.2) is 30.6 Å². The predicted molar refractivity (Wildman–Crippen MR) is 96.3 cm³/mol. The predicted octanol–water partition coefficient (Wildman–Crippen LogP) is 3.70. The number of rotatable bonds is 4. The molecule has 128 valence electrons. The molecule has 1 saturated heterocycles. The average Bonchev–Trinajstić information content (AvgIpc) is 2.98. The van der Waals surface area contributed by atoms with Gasteiger partial charge in [-0.15, -0.1) is 0 Å². The number of piperidine rings is 1. The highest BCUT2D eigenvalue weighted by Crippen LogP contribution is 2.26. The lowest BCUT2D eigenvalue weighted by Crippen LogP contribution is -2.42. The average molecular weight is 347 g/mol. The molecule has 6 heteroatoms. The number of carbonyl (C=O) groups excluding carboxylic acids is 1. The van der Waals surface area contributed by atoms with Crippen molar-refractivity contribution in [3.63, 3.8) is 0 Å². The molecular formula is C18H23ClN4O. The van der Waals surface area contributed by atoms with Gasteiger partial charge < -0.3 is 14.8 Å². The lowest BCUT2D eigenvalue weighted by Gasteiger charge is -2.33. The fourth-order valence-corrected chi connectivity index (χ4v) is 3.36. The highest BCUT2D eigenvalue weighted by Gasteiger charge is 2.25. The van der Waals surface area contributed by atoms with Crippen LogP contribution in [-0.2, 0) is 13.6 Å². The number of hydrogen-bond acceptors (Lipinski definition) is 3. The molecular weight excluding hydrogens is 324 g/mol. The molecule has 0 unspecified atom stereocenters. The van der Waals surface area contributed by atoms with E-state index in [-0.39, 0.29) is 11.9 Å². The molecule has 5 nitrogen and oxygen atoms in total. The van der Waals surface area contributed by atoms with E-state index in [0.29, 0.717) is 17.1 Å². The molecule has 0 radical (unpaired) electrons. The third-order valence-electron chi connectivity index (χ3n) is 4.63. The highest BCUT2D eigenvalue weighted by molar-refractivity contribution is 6.34. The van der Waals surface area contributed by atoms with Crippen molar-refractivity contribution < 1.29 is 4.79 Å². The molecule has 1 N–H and O–H groups in total. The minimum absolute atomic E-state index is 0.0304. The van der Waals surface area contributed by atoms with Crippen LogP contribution < -0.4 is 5.32 Å². The molecule has 1 aliphatic rings. The third-order valence-corrected chi connectivity index (χ3v) is 4.95. The second-order valence-electron chi connectivity index (χ2n) is 6.35. The van der Waals surface area contributed by atoms with Gasteiger partial charge in [0.05, 0.1) is 17.1 Å². The minimum Gasteiger partial charge on any atom is -0.378 e. The molecule has 1 atom stereocenters. The SMILES string of the molecule is C[C@H]1CCCCN1C(=O)c1ccc(NCc2nccn2C)cc1Cl. The number of hydrogen-bond donors (Lipinski definition) is 1. The van der Waals surface area contributed by atoms with Gasteiger partial charge in [0, 0.05) is 37.7 Å². The van der Waals surface area contributed by atoms with E-state index in [1.54, 1.807) is 6.20 Å². The first-order valence-electron chi connectivity index (χ1n) is 8.37. The van der Waals surface area contributed by atoms with Crippen molar-refractivity contribution in [1.29, 1.82) is 0 Å². The zero-order chi connectivity index (χ0) is 17.1. The zero-order valence-electron chi connectivity index (χ0n) is 14.1. The maximum Gasteiger partial charge on any atom is 0.255 e. The van der Waals surface area contributed by atoms with E-state index in [9.17, 15) is 4.79 Å². The van der Waals surface area contributed by atoms with Gasteiger partial charge in [-0.2, -0.15) is 0 Å². The summed E-state index contributed by atoms with van der Waals surface area (Å²) in [5.41, 5.74) is 1.46. The monoisotopic (exact) mass is 346 g/mol. The molecule has 0 saturated carbocycles. The van der Waals surface area contributed by atoms with Crippen molar-refractivity contribution in [2.24, 2.45) is 7.05 Å². The van der Waals surface area contributed by atoms with Gasteiger partial charge in [-0.1, -0.05) is 11.6 Å². The van der Waals surface area contributed by atoms with Gasteiger partial charge in [0.2, 0.25) is 0 Å². The van der Waals surface area contributed by atoms with Crippen molar-refractivity contribution >= 4 is 23.2 Å². The standard InChI is InChI=1S/C18H23ClN4O/c1-13-5-3-4-9-23(13)18(24)15-7-6-14(11-16(15)19)21-12-17-20-8-10-22(17)2/h6-8,10-11,13,21H,3-5,9,12H2,1-2H3/t13-/m0/s1. The van der Waals surface area contributed by atoms with E-state index in [2.05, 4.69) is 17.2 Å². The molecule has 1 fully saturated rings. The zero-order valence-corrected chi connectivity index (χ0v) is 14.9. The van der Waals surface area contributed by atoms with Crippen LogP contribution in [0.3, 0.4) is 0 Å². The summed E-state index contributed by atoms with van der Waals surface area (Å²) >= 11 is 6.37. The van der Waals surface area contributed by atoms with Crippen molar-refractivity contribution in [2.45, 2.75) is 38.8 Å². The second kappa shape index (κ2) is 7.26. The Balaban J connectivity index is 1.70. The number of aromatic nitrogens is 2. The number of amides is 1. The van der Waals surface area contributed by atoms with Crippen molar-refractivity contribution in [3.05, 3.63) is 47.0 Å². The van der Waals surface area contributed by atoms with Crippen molar-refractivity contribution in [1.82, 2.24) is 14.5 Å². The molecule has 0 bridgehead atoms. The van der Waals surface area contributed by atoms with E-state index in [1.807, 2.05) is 40.9 Å². The van der Waals surface area contributed by atoms with Crippen LogP contribution >= 0.6 is 11.6 Å². The van der Waals surface area contributed by atoms with Crippen molar-refractivity contribution in [2.75, 3.05) is 11.9 Å². The van der Waals surface area contributed by atoms with Crippen LogP contribution in [0, 0.1) is 0 Å². The Morgan fingerprint density at radius 3 is 2.92 bits per heavy atom. The first kappa shape index (κ1) is 16.8. The van der Waals surface area contributed by atoms with Crippen LogP contribution in [0.5, 0.6) is 0 Å². The molecule has 2 aromatic rings. The molecule has 0 spiro atoms. The summed E-state index contributed by atoms with van der Waals surface area (Å²) in [4.78, 5) is 19.0. The third kappa shape index (κ3) is 3.56. The second-order valence-corrected chi connectivity index (χ2v) is 6.75. The Morgan fingerprint density at radius 2 is 2.25 bits per heavy atom. The smallest absolute Gasteiger partial charge is 0.255 e. The van der Waals surface area contributed by atoms with Gasteiger partial charge in [-0.05, 0) is 44.4 Å². The summed E-state index contributed by atoms with van der Waals surface area (Å²) in [6, 6.07) is 5.80. The first-order chi connectivity index (χ1) is 11.6. The lowest BCUT2D eigenvalue weighted by molar-refractivity contribution is 0.0636. The van der Waals surface area contributed by atoms with Crippen LogP contribution in [0.1, 0.15) is 42.4 Å². The van der Waals surface area contributed by atoms with Crippen LogP contribution in [0.4, 0.5) is 5.69 Å². The van der Waals surface area contributed by atoms with Gasteiger partial charge in [0.15, 0.2) is 0 Å². The van der Waals surface area contributed by atoms with Crippen LogP contribution in [-0.4, -0.2) is 32.9 Å². The number of imidazole rings is 1. The number of aryl methyl sites for hydroxylation is 1. The fourth-order valence-electron chi connectivity index (χ4n) is 3.10. The van der Waals surface area contributed by atoms with E-state index in [0.717, 1.165) is 30.9 Å². The molecule has 3 rings (SSSR count). The number of likely N-dealkylation sites (tertiary alicyclic amines) is 1. The Labute approximate surface area is 147 Å². The molecule has 1 aromatic carbocycles. The van der Waals surface area contributed by atoms with Gasteiger partial charge in [0.1, 0.15) is 5.82 Å². The van der Waals surface area contributed by atoms with E-state index < -0.39 is 0 Å². The lowest BCUT2D eigenvalue weighted by atomic mass is 10.0. The van der Waals surface area contributed by atoms with Crippen LogP contribution in [0.2, 0.25) is 5.02 Å². The van der Waals surface area contributed by atoms with Gasteiger partial charge in [-0.25, -0.2) is 4.98 Å². The maximum absolute atomic E-state index is 12.7. The number of halogens is 1. The largest absolute Gasteiger partial charge is 0.378 e. The molecule has 1 amide bonds. The Bertz CT molecular complexity index is 728. The summed E-state index contributed by atoms with van der Waals surface area (Å²) in [6.45, 7) is 3.53. The summed E-state index contributed by atoms with van der Waals surface area (Å²) in [7, 11) is 1.96.